The Bertz CT molecular complexity index is 1800. The smallest absolute Gasteiger partial charge is 0.323 e. The third kappa shape index (κ3) is 7.03. The van der Waals surface area contributed by atoms with Crippen LogP contribution in [0.3, 0.4) is 0 Å². The number of aliphatic imine (C=N–C) groups is 1. The van der Waals surface area contributed by atoms with E-state index in [1.165, 1.54) is 18.2 Å². The Morgan fingerprint density at radius 3 is 2.30 bits per heavy atom. The molecule has 0 aliphatic rings. The van der Waals surface area contributed by atoms with Gasteiger partial charge < -0.3 is 15.7 Å². The van der Waals surface area contributed by atoms with Gasteiger partial charge in [-0.3, -0.25) is 9.98 Å². The second-order valence-electron chi connectivity index (χ2n) is 9.17. The van der Waals surface area contributed by atoms with Gasteiger partial charge in [0.2, 0.25) is 0 Å². The van der Waals surface area contributed by atoms with Crippen molar-refractivity contribution in [2.45, 2.75) is 18.1 Å². The highest BCUT2D eigenvalue weighted by atomic mass is 19.3. The number of rotatable bonds is 9. The van der Waals surface area contributed by atoms with E-state index in [9.17, 15) is 18.3 Å². The van der Waals surface area contributed by atoms with Crippen molar-refractivity contribution in [3.05, 3.63) is 130 Å². The lowest BCUT2D eigenvalue weighted by atomic mass is 9.84. The third-order valence-corrected chi connectivity index (χ3v) is 6.27. The van der Waals surface area contributed by atoms with Crippen LogP contribution in [0.15, 0.2) is 94.3 Å². The van der Waals surface area contributed by atoms with Crippen molar-refractivity contribution in [1.82, 2.24) is 4.98 Å². The first-order valence-electron chi connectivity index (χ1n) is 12.6. The van der Waals surface area contributed by atoms with Gasteiger partial charge in [-0.25, -0.2) is 13.2 Å². The minimum Gasteiger partial charge on any atom is -0.489 e. The Kier molecular flexibility index (Phi) is 9.63. The second-order valence-corrected chi connectivity index (χ2v) is 9.17. The number of nitrogens with zero attached hydrogens (tertiary/aromatic N) is 5. The summed E-state index contributed by atoms with van der Waals surface area (Å²) in [5.74, 6) is 3.67. The number of hydrogen-bond donors (Lipinski definition) is 2. The van der Waals surface area contributed by atoms with E-state index in [0.29, 0.717) is 35.3 Å². The van der Waals surface area contributed by atoms with Crippen LogP contribution < -0.4 is 10.6 Å². The largest absolute Gasteiger partial charge is 0.489 e. The number of alkyl halides is 2. The van der Waals surface area contributed by atoms with Crippen molar-refractivity contribution >= 4 is 6.34 Å². The van der Waals surface area contributed by atoms with Gasteiger partial charge in [0.15, 0.2) is 5.60 Å². The van der Waals surface area contributed by atoms with E-state index in [4.69, 9.17) is 15.8 Å². The number of nitriles is 1. The number of nitrogens with two attached hydrogens (primary N) is 1. The number of hydrogen-bond acceptors (Lipinski definition) is 6. The molecule has 0 amide bonds. The summed E-state index contributed by atoms with van der Waals surface area (Å²) in [6, 6.07) is 16.4. The zero-order chi connectivity index (χ0) is 31.7. The molecule has 0 spiro atoms. The van der Waals surface area contributed by atoms with Crippen molar-refractivity contribution in [2.24, 2.45) is 21.2 Å². The van der Waals surface area contributed by atoms with E-state index in [2.05, 4.69) is 32.2 Å². The lowest BCUT2D eigenvalue weighted by Gasteiger charge is -2.34. The molecule has 1 unspecified atom stereocenters. The number of pyridine rings is 1. The fraction of sp³-hybridized carbons (Fsp3) is 0.129. The molecule has 3 N–H and O–H groups in total. The topological polar surface area (TPSA) is 129 Å². The second kappa shape index (κ2) is 13.5. The highest BCUT2D eigenvalue weighted by Crippen LogP contribution is 2.46. The van der Waals surface area contributed by atoms with Gasteiger partial charge in [0, 0.05) is 29.0 Å². The molecule has 13 heteroatoms. The first-order chi connectivity index (χ1) is 21.1. The lowest BCUT2D eigenvalue weighted by Crippen LogP contribution is -2.47. The summed E-state index contributed by atoms with van der Waals surface area (Å²) in [4.78, 5) is 7.29. The lowest BCUT2D eigenvalue weighted by molar-refractivity contribution is -0.193. The summed E-state index contributed by atoms with van der Waals surface area (Å²) in [5, 5.41) is 26.0. The number of halogens is 5. The van der Waals surface area contributed by atoms with Crippen molar-refractivity contribution in [2.75, 3.05) is 6.54 Å². The summed E-state index contributed by atoms with van der Waals surface area (Å²) < 4.78 is 78.9. The van der Waals surface area contributed by atoms with Crippen LogP contribution in [-0.4, -0.2) is 23.0 Å². The molecule has 4 rings (SSSR count). The molecule has 222 valence electrons. The fourth-order valence-corrected chi connectivity index (χ4v) is 3.97. The highest BCUT2D eigenvalue weighted by molar-refractivity contribution is 5.54. The maximum Gasteiger partial charge on any atom is 0.323 e. The average Bonchev–Trinajstić information content (AvgIpc) is 3.01. The first kappa shape index (κ1) is 31.3. The van der Waals surface area contributed by atoms with Gasteiger partial charge in [0.05, 0.1) is 12.1 Å². The first-order valence-corrected chi connectivity index (χ1v) is 12.6. The molecule has 1 atom stereocenters. The summed E-state index contributed by atoms with van der Waals surface area (Å²) in [5.41, 5.74) is -3.82. The van der Waals surface area contributed by atoms with E-state index in [1.807, 2.05) is 0 Å². The molecule has 1 aromatic heterocycles. The maximum atomic E-state index is 15.7. The predicted molar refractivity (Wildman–Crippen MR) is 149 cm³/mol. The number of benzene rings is 3. The molecule has 8 nitrogen and oxygen atoms in total. The van der Waals surface area contributed by atoms with Gasteiger partial charge in [0.1, 0.15) is 47.9 Å². The summed E-state index contributed by atoms with van der Waals surface area (Å²) in [7, 11) is 0. The Hall–Kier alpha value is -5.66. The normalized spacial score (nSPS) is 12.8. The van der Waals surface area contributed by atoms with Gasteiger partial charge in [-0.1, -0.05) is 23.1 Å². The standard InChI is InChI=1S/C31H21F5N6O2/c32-24-8-11-26(28(34)14-24)30(43,18-39-19-41-42-38)31(35,36)29-12-6-21(16-40-29)2-1-20-4-9-25(10-5-20)44-17-22-3-7-23(15-37)27(33)13-22/h3-14,16,19,43H,17-18H2,(H2,38,39,41). The molecule has 4 aromatic rings. The van der Waals surface area contributed by atoms with Crippen molar-refractivity contribution in [3.63, 3.8) is 0 Å². The van der Waals surface area contributed by atoms with Gasteiger partial charge in [-0.05, 0) is 66.2 Å². The Labute approximate surface area is 248 Å². The fourth-order valence-electron chi connectivity index (χ4n) is 3.97. The molecular formula is C31H21F5N6O2. The van der Waals surface area contributed by atoms with Gasteiger partial charge in [-0.15, -0.1) is 5.11 Å². The molecule has 0 saturated carbocycles. The van der Waals surface area contributed by atoms with Crippen LogP contribution in [0, 0.1) is 40.6 Å². The summed E-state index contributed by atoms with van der Waals surface area (Å²) in [6.45, 7) is -1.01. The minimum atomic E-state index is -4.21. The van der Waals surface area contributed by atoms with Crippen LogP contribution in [0.5, 0.6) is 5.75 Å². The molecule has 3 aromatic carbocycles. The molecule has 0 aliphatic heterocycles. The Morgan fingerprint density at radius 2 is 1.66 bits per heavy atom. The molecule has 1 heterocycles. The molecule has 0 fully saturated rings. The molecule has 0 saturated heterocycles. The quantitative estimate of drug-likeness (QED) is 0.0483. The van der Waals surface area contributed by atoms with Crippen molar-refractivity contribution in [1.29, 1.82) is 5.26 Å². The number of aliphatic hydroxyl groups is 1. The van der Waals surface area contributed by atoms with Gasteiger partial charge in [-0.2, -0.15) is 14.0 Å². The zero-order valence-corrected chi connectivity index (χ0v) is 22.6. The molecule has 44 heavy (non-hydrogen) atoms. The van der Waals surface area contributed by atoms with E-state index < -0.39 is 46.8 Å². The maximum absolute atomic E-state index is 15.7. The monoisotopic (exact) mass is 604 g/mol. The number of aromatic nitrogens is 1. The minimum absolute atomic E-state index is 0.0607. The Morgan fingerprint density at radius 1 is 0.932 bits per heavy atom. The van der Waals surface area contributed by atoms with Crippen LogP contribution in [0.25, 0.3) is 0 Å². The van der Waals surface area contributed by atoms with E-state index in [1.54, 1.807) is 36.4 Å². The van der Waals surface area contributed by atoms with E-state index >= 15 is 8.78 Å². The molecular weight excluding hydrogens is 583 g/mol. The van der Waals surface area contributed by atoms with Crippen LogP contribution in [0.4, 0.5) is 22.0 Å². The third-order valence-electron chi connectivity index (χ3n) is 6.27. The SMILES string of the molecule is N#Cc1ccc(COc2ccc(C#Cc3ccc(C(F)(F)C(O)(CN=CN=NN)c4ccc(F)cc4F)nc3)cc2)cc1F. The number of ether oxygens (including phenoxy) is 1. The molecule has 0 bridgehead atoms. The van der Waals surface area contributed by atoms with Crippen LogP contribution in [-0.2, 0) is 18.1 Å². The zero-order valence-electron chi connectivity index (χ0n) is 22.6. The van der Waals surface area contributed by atoms with E-state index in [-0.39, 0.29) is 17.7 Å². The van der Waals surface area contributed by atoms with Crippen molar-refractivity contribution in [3.8, 4) is 23.7 Å². The van der Waals surface area contributed by atoms with E-state index in [0.717, 1.165) is 18.3 Å². The van der Waals surface area contributed by atoms with Crippen LogP contribution in [0.1, 0.15) is 33.5 Å². The highest BCUT2D eigenvalue weighted by Gasteiger charge is 2.57. The van der Waals surface area contributed by atoms with Crippen LogP contribution in [0.2, 0.25) is 0 Å². The predicted octanol–water partition coefficient (Wildman–Crippen LogP) is 5.68. The molecule has 0 radical (unpaired) electrons. The molecule has 0 aliphatic carbocycles. The summed E-state index contributed by atoms with van der Waals surface area (Å²) >= 11 is 0. The average molecular weight is 605 g/mol. The van der Waals surface area contributed by atoms with Gasteiger partial charge >= 0.3 is 5.92 Å². The van der Waals surface area contributed by atoms with Crippen LogP contribution >= 0.6 is 0 Å². The Balaban J connectivity index is 1.49. The summed E-state index contributed by atoms with van der Waals surface area (Å²) in [6.07, 6.45) is 1.75. The van der Waals surface area contributed by atoms with Crippen molar-refractivity contribution < 1.29 is 31.8 Å². The van der Waals surface area contributed by atoms with Gasteiger partial charge in [0.25, 0.3) is 0 Å².